The molecule has 1 saturated heterocycles. The lowest BCUT2D eigenvalue weighted by atomic mass is 10.1. The number of rotatable bonds is 4. The van der Waals surface area contributed by atoms with E-state index in [0.717, 1.165) is 19.4 Å². The van der Waals surface area contributed by atoms with Gasteiger partial charge in [0.05, 0.1) is 6.10 Å². The van der Waals surface area contributed by atoms with Gasteiger partial charge in [-0.3, -0.25) is 4.79 Å². The summed E-state index contributed by atoms with van der Waals surface area (Å²) in [5.74, 6) is -0.331. The first kappa shape index (κ1) is 14.1. The van der Waals surface area contributed by atoms with Crippen LogP contribution in [0.25, 0.3) is 6.08 Å². The molecule has 2 rings (SSSR count). The van der Waals surface area contributed by atoms with Crippen molar-refractivity contribution < 1.29 is 14.6 Å². The molecule has 0 aliphatic carbocycles. The van der Waals surface area contributed by atoms with Gasteiger partial charge in [-0.05, 0) is 36.6 Å². The molecule has 1 aromatic carbocycles. The van der Waals surface area contributed by atoms with E-state index in [4.69, 9.17) is 10.00 Å². The Hall–Kier alpha value is -2.32. The number of nitrogens with zero attached hydrogens (tertiary/aromatic N) is 1. The van der Waals surface area contributed by atoms with Gasteiger partial charge in [0.2, 0.25) is 0 Å². The molecule has 1 aliphatic heterocycles. The van der Waals surface area contributed by atoms with E-state index in [9.17, 15) is 9.90 Å². The predicted molar refractivity (Wildman–Crippen MR) is 73.7 cm³/mol. The molecule has 1 heterocycles. The molecule has 0 spiro atoms. The minimum absolute atomic E-state index is 0.00796. The number of carbonyl (C=O) groups excluding carboxylic acids is 1. The van der Waals surface area contributed by atoms with E-state index in [-0.39, 0.29) is 17.4 Å². The maximum atomic E-state index is 11.9. The first-order chi connectivity index (χ1) is 9.69. The summed E-state index contributed by atoms with van der Waals surface area (Å²) in [6, 6.07) is 8.26. The van der Waals surface area contributed by atoms with E-state index in [1.54, 1.807) is 12.1 Å². The minimum atomic E-state index is -0.425. The molecule has 5 nitrogen and oxygen atoms in total. The van der Waals surface area contributed by atoms with Crippen molar-refractivity contribution in [1.82, 2.24) is 5.32 Å². The van der Waals surface area contributed by atoms with Crippen molar-refractivity contribution in [3.63, 3.8) is 0 Å². The van der Waals surface area contributed by atoms with Crippen LogP contribution in [0.5, 0.6) is 5.75 Å². The summed E-state index contributed by atoms with van der Waals surface area (Å²) in [6.45, 7) is 1.14. The lowest BCUT2D eigenvalue weighted by Crippen LogP contribution is -2.32. The third-order valence-corrected chi connectivity index (χ3v) is 3.06. The normalized spacial score (nSPS) is 18.6. The Kier molecular flexibility index (Phi) is 4.75. The molecular formula is C15H16N2O3. The molecule has 20 heavy (non-hydrogen) atoms. The molecule has 0 bridgehead atoms. The van der Waals surface area contributed by atoms with Crippen LogP contribution in [0.4, 0.5) is 0 Å². The van der Waals surface area contributed by atoms with E-state index in [0.29, 0.717) is 12.1 Å². The van der Waals surface area contributed by atoms with E-state index in [1.807, 2.05) is 6.07 Å². The standard InChI is InChI=1S/C15H16N2O3/c16-9-12(7-11-3-1-4-13(18)8-11)15(19)17-10-14-5-2-6-20-14/h1,3-4,7-8,14,18H,2,5-6,10H2,(H,17,19)/b12-7+/t14-/m0/s1. The van der Waals surface area contributed by atoms with E-state index in [1.165, 1.54) is 18.2 Å². The smallest absolute Gasteiger partial charge is 0.262 e. The maximum absolute atomic E-state index is 11.9. The second-order valence-electron chi connectivity index (χ2n) is 4.61. The van der Waals surface area contributed by atoms with Gasteiger partial charge >= 0.3 is 0 Å². The van der Waals surface area contributed by atoms with Crippen molar-refractivity contribution >= 4 is 12.0 Å². The van der Waals surface area contributed by atoms with Crippen molar-refractivity contribution in [3.05, 3.63) is 35.4 Å². The maximum Gasteiger partial charge on any atom is 0.262 e. The van der Waals surface area contributed by atoms with Gasteiger partial charge < -0.3 is 15.2 Å². The van der Waals surface area contributed by atoms with E-state index < -0.39 is 5.91 Å². The van der Waals surface area contributed by atoms with Crippen LogP contribution in [0, 0.1) is 11.3 Å². The summed E-state index contributed by atoms with van der Waals surface area (Å²) in [6.07, 6.45) is 3.42. The highest BCUT2D eigenvalue weighted by molar-refractivity contribution is 6.01. The number of carbonyl (C=O) groups is 1. The fraction of sp³-hybridized carbons (Fsp3) is 0.333. The van der Waals surface area contributed by atoms with E-state index >= 15 is 0 Å². The lowest BCUT2D eigenvalue weighted by molar-refractivity contribution is -0.117. The first-order valence-electron chi connectivity index (χ1n) is 6.49. The third kappa shape index (κ3) is 3.84. The number of phenolic OH excluding ortho intramolecular Hbond substituents is 1. The van der Waals surface area contributed by atoms with Gasteiger partial charge in [0.1, 0.15) is 17.4 Å². The molecule has 104 valence electrons. The Morgan fingerprint density at radius 3 is 3.10 bits per heavy atom. The second-order valence-corrected chi connectivity index (χ2v) is 4.61. The van der Waals surface area contributed by atoms with Gasteiger partial charge in [0.15, 0.2) is 0 Å². The number of nitriles is 1. The quantitative estimate of drug-likeness (QED) is 0.644. The first-order valence-corrected chi connectivity index (χ1v) is 6.49. The van der Waals surface area contributed by atoms with Crippen LogP contribution in [0.3, 0.4) is 0 Å². The van der Waals surface area contributed by atoms with E-state index in [2.05, 4.69) is 5.32 Å². The van der Waals surface area contributed by atoms with Gasteiger partial charge in [-0.25, -0.2) is 0 Å². The molecule has 1 atom stereocenters. The molecule has 1 amide bonds. The molecule has 0 unspecified atom stereocenters. The number of hydrogen-bond donors (Lipinski definition) is 2. The number of phenols is 1. The van der Waals surface area contributed by atoms with Gasteiger partial charge in [-0.15, -0.1) is 0 Å². The molecule has 0 radical (unpaired) electrons. The van der Waals surface area contributed by atoms with Crippen molar-refractivity contribution in [2.24, 2.45) is 0 Å². The Morgan fingerprint density at radius 1 is 1.60 bits per heavy atom. The highest BCUT2D eigenvalue weighted by Crippen LogP contribution is 2.14. The summed E-state index contributed by atoms with van der Waals surface area (Å²) in [5, 5.41) is 21.1. The Labute approximate surface area is 117 Å². The van der Waals surface area contributed by atoms with Crippen LogP contribution in [-0.4, -0.2) is 30.3 Å². The summed E-state index contributed by atoms with van der Waals surface area (Å²) in [7, 11) is 0. The SMILES string of the molecule is N#C/C(=C\c1cccc(O)c1)C(=O)NC[C@@H]1CCCO1. The zero-order valence-corrected chi connectivity index (χ0v) is 11.0. The lowest BCUT2D eigenvalue weighted by Gasteiger charge is -2.10. The van der Waals surface area contributed by atoms with Crippen molar-refractivity contribution in [2.75, 3.05) is 13.2 Å². The summed E-state index contributed by atoms with van der Waals surface area (Å²) < 4.78 is 5.40. The van der Waals surface area contributed by atoms with Crippen LogP contribution < -0.4 is 5.32 Å². The molecule has 1 fully saturated rings. The molecule has 5 heteroatoms. The number of amides is 1. The van der Waals surface area contributed by atoms with Crippen LogP contribution in [0.2, 0.25) is 0 Å². The van der Waals surface area contributed by atoms with Gasteiger partial charge in [0.25, 0.3) is 5.91 Å². The number of hydrogen-bond acceptors (Lipinski definition) is 4. The van der Waals surface area contributed by atoms with Crippen molar-refractivity contribution in [1.29, 1.82) is 5.26 Å². The Balaban J connectivity index is 1.99. The number of benzene rings is 1. The topological polar surface area (TPSA) is 82.3 Å². The summed E-state index contributed by atoms with van der Waals surface area (Å²) in [5.41, 5.74) is 0.613. The molecule has 2 N–H and O–H groups in total. The monoisotopic (exact) mass is 272 g/mol. The summed E-state index contributed by atoms with van der Waals surface area (Å²) >= 11 is 0. The summed E-state index contributed by atoms with van der Waals surface area (Å²) in [4.78, 5) is 11.9. The third-order valence-electron chi connectivity index (χ3n) is 3.06. The largest absolute Gasteiger partial charge is 0.508 e. The fourth-order valence-corrected chi connectivity index (χ4v) is 2.04. The highest BCUT2D eigenvalue weighted by atomic mass is 16.5. The van der Waals surface area contributed by atoms with Crippen molar-refractivity contribution in [3.8, 4) is 11.8 Å². The van der Waals surface area contributed by atoms with Crippen LogP contribution in [0.15, 0.2) is 29.8 Å². The molecule has 1 aliphatic rings. The number of ether oxygens (including phenoxy) is 1. The zero-order valence-electron chi connectivity index (χ0n) is 11.0. The Bertz CT molecular complexity index is 554. The zero-order chi connectivity index (χ0) is 14.4. The molecular weight excluding hydrogens is 256 g/mol. The average molecular weight is 272 g/mol. The number of aromatic hydroxyl groups is 1. The van der Waals surface area contributed by atoms with Gasteiger partial charge in [0, 0.05) is 13.2 Å². The number of nitrogens with one attached hydrogen (secondary N) is 1. The van der Waals surface area contributed by atoms with Gasteiger partial charge in [-0.1, -0.05) is 12.1 Å². The molecule has 0 saturated carbocycles. The van der Waals surface area contributed by atoms with Crippen molar-refractivity contribution in [2.45, 2.75) is 18.9 Å². The fourth-order valence-electron chi connectivity index (χ4n) is 2.04. The second kappa shape index (κ2) is 6.73. The van der Waals surface area contributed by atoms with Crippen LogP contribution >= 0.6 is 0 Å². The van der Waals surface area contributed by atoms with Crippen LogP contribution in [-0.2, 0) is 9.53 Å². The van der Waals surface area contributed by atoms with Crippen LogP contribution in [0.1, 0.15) is 18.4 Å². The van der Waals surface area contributed by atoms with Gasteiger partial charge in [-0.2, -0.15) is 5.26 Å². The predicted octanol–water partition coefficient (Wildman–Crippen LogP) is 1.59. The molecule has 1 aromatic rings. The highest BCUT2D eigenvalue weighted by Gasteiger charge is 2.17. The Morgan fingerprint density at radius 2 is 2.45 bits per heavy atom. The minimum Gasteiger partial charge on any atom is -0.508 e. The molecule has 0 aromatic heterocycles. The average Bonchev–Trinajstić information content (AvgIpc) is 2.95.